The van der Waals surface area contributed by atoms with Crippen molar-refractivity contribution in [3.05, 3.63) is 71.7 Å². The van der Waals surface area contributed by atoms with Crippen LogP contribution in [0.2, 0.25) is 0 Å². The number of rotatable bonds is 9. The lowest BCUT2D eigenvalue weighted by molar-refractivity contribution is -0.145. The first-order chi connectivity index (χ1) is 16.0. The summed E-state index contributed by atoms with van der Waals surface area (Å²) < 4.78 is 18.4. The number of Topliss-reactive ketones (excluding diaryl/α,β-unsaturated/α-hetero) is 1. The Morgan fingerprint density at radius 3 is 2.48 bits per heavy atom. The number of para-hydroxylation sites is 1. The van der Waals surface area contributed by atoms with E-state index in [-0.39, 0.29) is 18.8 Å². The minimum Gasteiger partial charge on any atom is -0.466 e. The molecule has 4 rings (SSSR count). The second-order valence-electron chi connectivity index (χ2n) is 8.08. The Hall–Kier alpha value is -3.67. The van der Waals surface area contributed by atoms with Gasteiger partial charge in [0.2, 0.25) is 0 Å². The van der Waals surface area contributed by atoms with E-state index in [0.29, 0.717) is 5.92 Å². The monoisotopic (exact) mass is 445 g/mol. The second kappa shape index (κ2) is 9.86. The van der Waals surface area contributed by atoms with Gasteiger partial charge in [0.05, 0.1) is 24.2 Å². The van der Waals surface area contributed by atoms with Gasteiger partial charge in [0.1, 0.15) is 12.2 Å². The smallest absolute Gasteiger partial charge is 0.313 e. The minimum absolute atomic E-state index is 0.186. The first kappa shape index (κ1) is 22.5. The largest absolute Gasteiger partial charge is 0.466 e. The van der Waals surface area contributed by atoms with Gasteiger partial charge < -0.3 is 4.74 Å². The fourth-order valence-electron chi connectivity index (χ4n) is 3.87. The van der Waals surface area contributed by atoms with Gasteiger partial charge in [-0.25, -0.2) is 4.39 Å². The molecule has 0 unspecified atom stereocenters. The maximum atomic E-state index is 13.6. The molecule has 0 bridgehead atoms. The van der Waals surface area contributed by atoms with Crippen LogP contribution in [0.4, 0.5) is 4.39 Å². The second-order valence-corrected chi connectivity index (χ2v) is 8.08. The molecule has 0 N–H and O–H groups in total. The average Bonchev–Trinajstić information content (AvgIpc) is 3.63. The first-order valence-corrected chi connectivity index (χ1v) is 11.0. The summed E-state index contributed by atoms with van der Waals surface area (Å²) in [5, 5.41) is 0.902. The fraction of sp³-hybridized carbons (Fsp3) is 0.259. The molecule has 1 aliphatic carbocycles. The Balaban J connectivity index is 1.71. The first-order valence-electron chi connectivity index (χ1n) is 11.0. The predicted molar refractivity (Wildman–Crippen MR) is 124 cm³/mol. The number of allylic oxidation sites excluding steroid dienone is 1. The van der Waals surface area contributed by atoms with Crippen LogP contribution in [0.3, 0.4) is 0 Å². The van der Waals surface area contributed by atoms with Crippen LogP contribution in [0.25, 0.3) is 28.1 Å². The van der Waals surface area contributed by atoms with E-state index in [1.165, 1.54) is 18.2 Å². The van der Waals surface area contributed by atoms with Gasteiger partial charge in [0.15, 0.2) is 11.6 Å². The van der Waals surface area contributed by atoms with Crippen molar-refractivity contribution in [2.24, 2.45) is 0 Å². The molecule has 0 atom stereocenters. The van der Waals surface area contributed by atoms with E-state index in [2.05, 4.69) is 0 Å². The van der Waals surface area contributed by atoms with Gasteiger partial charge in [-0.3, -0.25) is 19.4 Å². The number of pyridine rings is 1. The maximum absolute atomic E-state index is 13.6. The topological polar surface area (TPSA) is 73.3 Å². The highest BCUT2D eigenvalue weighted by molar-refractivity contribution is 6.11. The summed E-state index contributed by atoms with van der Waals surface area (Å²) in [6.07, 6.45) is 4.31. The van der Waals surface area contributed by atoms with Gasteiger partial charge in [-0.1, -0.05) is 30.3 Å². The van der Waals surface area contributed by atoms with E-state index in [0.717, 1.165) is 46.1 Å². The molecular weight excluding hydrogens is 421 g/mol. The molecule has 0 aliphatic heterocycles. The number of halogens is 1. The quantitative estimate of drug-likeness (QED) is 0.250. The van der Waals surface area contributed by atoms with E-state index in [4.69, 9.17) is 9.72 Å². The zero-order valence-corrected chi connectivity index (χ0v) is 18.3. The highest BCUT2D eigenvalue weighted by Gasteiger charge is 2.29. The van der Waals surface area contributed by atoms with Crippen LogP contribution < -0.4 is 0 Å². The highest BCUT2D eigenvalue weighted by atomic mass is 19.1. The summed E-state index contributed by atoms with van der Waals surface area (Å²) in [6, 6.07) is 14.0. The molecule has 6 heteroatoms. The standard InChI is InChI=1S/C27H24FNO4/c1-2-33-25(32)16-21(31)15-20(30)13-14-23-26(17-9-11-19(28)12-10-17)22-5-3-4-6-24(22)29-27(23)18-7-8-18/h3-6,9-14,18H,2,7-8,15-16H2,1H3. The Bertz CT molecular complexity index is 1240. The predicted octanol–water partition coefficient (Wildman–Crippen LogP) is 5.41. The zero-order chi connectivity index (χ0) is 23.4. The maximum Gasteiger partial charge on any atom is 0.313 e. The van der Waals surface area contributed by atoms with Crippen molar-refractivity contribution in [1.29, 1.82) is 0 Å². The van der Waals surface area contributed by atoms with Crippen molar-refractivity contribution in [3.8, 4) is 11.1 Å². The van der Waals surface area contributed by atoms with Crippen LogP contribution in [0.1, 0.15) is 49.8 Å². The number of hydrogen-bond acceptors (Lipinski definition) is 5. The van der Waals surface area contributed by atoms with Crippen LogP contribution in [0.5, 0.6) is 0 Å². The highest BCUT2D eigenvalue weighted by Crippen LogP contribution is 2.45. The van der Waals surface area contributed by atoms with Crippen molar-refractivity contribution < 1.29 is 23.5 Å². The molecule has 2 aromatic carbocycles. The summed E-state index contributed by atoms with van der Waals surface area (Å²) in [5.41, 5.74) is 4.24. The van der Waals surface area contributed by atoms with E-state index < -0.39 is 24.0 Å². The molecule has 5 nitrogen and oxygen atoms in total. The Morgan fingerprint density at radius 2 is 1.79 bits per heavy atom. The molecule has 1 fully saturated rings. The SMILES string of the molecule is CCOC(=O)CC(=O)CC(=O)C=Cc1c(C2CC2)nc2ccccc2c1-c1ccc(F)cc1. The van der Waals surface area contributed by atoms with Gasteiger partial charge in [-0.05, 0) is 55.7 Å². The van der Waals surface area contributed by atoms with E-state index >= 15 is 0 Å². The molecule has 33 heavy (non-hydrogen) atoms. The summed E-state index contributed by atoms with van der Waals surface area (Å²) >= 11 is 0. The lowest BCUT2D eigenvalue weighted by Crippen LogP contribution is -2.13. The van der Waals surface area contributed by atoms with Crippen molar-refractivity contribution in [3.63, 3.8) is 0 Å². The van der Waals surface area contributed by atoms with Gasteiger partial charge in [-0.2, -0.15) is 0 Å². The summed E-state index contributed by atoms with van der Waals surface area (Å²) in [4.78, 5) is 40.9. The molecule has 0 amide bonds. The number of ether oxygens (including phenoxy) is 1. The van der Waals surface area contributed by atoms with Crippen molar-refractivity contribution in [1.82, 2.24) is 4.98 Å². The minimum atomic E-state index is -0.632. The van der Waals surface area contributed by atoms with Gasteiger partial charge in [0.25, 0.3) is 0 Å². The number of ketones is 2. The molecule has 168 valence electrons. The van der Waals surface area contributed by atoms with Crippen LogP contribution in [-0.2, 0) is 19.1 Å². The van der Waals surface area contributed by atoms with Crippen molar-refractivity contribution in [2.45, 2.75) is 38.5 Å². The molecular formula is C27H24FNO4. The van der Waals surface area contributed by atoms with Crippen LogP contribution >= 0.6 is 0 Å². The third-order valence-corrected chi connectivity index (χ3v) is 5.51. The molecule has 1 aromatic heterocycles. The van der Waals surface area contributed by atoms with Crippen molar-refractivity contribution >= 4 is 34.5 Å². The number of carbonyl (C=O) groups excluding carboxylic acids is 3. The van der Waals surface area contributed by atoms with Crippen molar-refractivity contribution in [2.75, 3.05) is 6.61 Å². The van der Waals surface area contributed by atoms with E-state index in [1.807, 2.05) is 24.3 Å². The number of aromatic nitrogens is 1. The Morgan fingerprint density at radius 1 is 1.06 bits per heavy atom. The molecule has 0 saturated heterocycles. The number of benzene rings is 2. The third-order valence-electron chi connectivity index (χ3n) is 5.51. The summed E-state index contributed by atoms with van der Waals surface area (Å²) in [7, 11) is 0. The normalized spacial score (nSPS) is 13.4. The summed E-state index contributed by atoms with van der Waals surface area (Å²) in [6.45, 7) is 1.84. The number of carbonyl (C=O) groups is 3. The lowest BCUT2D eigenvalue weighted by atomic mass is 9.92. The molecule has 3 aromatic rings. The van der Waals surface area contributed by atoms with E-state index in [1.54, 1.807) is 25.1 Å². The molecule has 1 saturated carbocycles. The van der Waals surface area contributed by atoms with Gasteiger partial charge in [-0.15, -0.1) is 0 Å². The fourth-order valence-corrected chi connectivity index (χ4v) is 3.87. The Labute approximate surface area is 191 Å². The number of hydrogen-bond donors (Lipinski definition) is 0. The molecule has 1 aliphatic rings. The van der Waals surface area contributed by atoms with Gasteiger partial charge in [0, 0.05) is 22.4 Å². The molecule has 1 heterocycles. The molecule has 0 spiro atoms. The number of esters is 1. The zero-order valence-electron chi connectivity index (χ0n) is 18.3. The van der Waals surface area contributed by atoms with Crippen LogP contribution in [0, 0.1) is 5.82 Å². The van der Waals surface area contributed by atoms with Crippen LogP contribution in [-0.4, -0.2) is 29.1 Å². The van der Waals surface area contributed by atoms with Crippen LogP contribution in [0.15, 0.2) is 54.6 Å². The summed E-state index contributed by atoms with van der Waals surface area (Å²) in [5.74, 6) is -1.54. The third kappa shape index (κ3) is 5.40. The lowest BCUT2D eigenvalue weighted by Gasteiger charge is -2.15. The number of fused-ring (bicyclic) bond motifs is 1. The Kier molecular flexibility index (Phi) is 6.73. The number of nitrogens with zero attached hydrogens (tertiary/aromatic N) is 1. The molecule has 0 radical (unpaired) electrons. The van der Waals surface area contributed by atoms with Gasteiger partial charge >= 0.3 is 5.97 Å². The van der Waals surface area contributed by atoms with E-state index in [9.17, 15) is 18.8 Å². The average molecular weight is 445 g/mol.